The van der Waals surface area contributed by atoms with E-state index in [0.717, 1.165) is 5.01 Å². The van der Waals surface area contributed by atoms with Crippen LogP contribution in [0.5, 0.6) is 0 Å². The Balaban J connectivity index is 4.35. The lowest BCUT2D eigenvalue weighted by Gasteiger charge is -2.26. The number of esters is 1. The highest BCUT2D eigenvalue weighted by molar-refractivity contribution is 5.77. The first-order valence-electron chi connectivity index (χ1n) is 5.54. The van der Waals surface area contributed by atoms with Gasteiger partial charge >= 0.3 is 11.9 Å². The Hall–Kier alpha value is -2.06. The van der Waals surface area contributed by atoms with E-state index >= 15 is 0 Å². The quantitative estimate of drug-likeness (QED) is 0.182. The minimum Gasteiger partial charge on any atom is -0.569 e. The molecule has 0 aliphatic carbocycles. The number of carboxylic acids is 1. The van der Waals surface area contributed by atoms with E-state index in [9.17, 15) is 14.8 Å². The van der Waals surface area contributed by atoms with Gasteiger partial charge in [0.2, 0.25) is 5.28 Å². The number of hydrogen-bond donors (Lipinski definition) is 1. The fraction of sp³-hybridized carbons (Fsp3) is 0.800. The van der Waals surface area contributed by atoms with Gasteiger partial charge in [-0.2, -0.15) is 0 Å². The minimum atomic E-state index is -1.46. The maximum atomic E-state index is 11.4. The fourth-order valence-electron chi connectivity index (χ4n) is 0.731. The Kier molecular flexibility index (Phi) is 6.03. The molecule has 0 fully saturated rings. The molecule has 0 saturated heterocycles. The van der Waals surface area contributed by atoms with Gasteiger partial charge in [-0.25, -0.2) is 4.79 Å². The van der Waals surface area contributed by atoms with Gasteiger partial charge < -0.3 is 19.9 Å². The van der Waals surface area contributed by atoms with E-state index in [4.69, 9.17) is 5.11 Å². The summed E-state index contributed by atoms with van der Waals surface area (Å²) >= 11 is 0. The molecule has 1 N–H and O–H groups in total. The number of ether oxygens (including phenoxy) is 1. The molecule has 0 aromatic heterocycles. The summed E-state index contributed by atoms with van der Waals surface area (Å²) in [5.41, 5.74) is -1.46. The Morgan fingerprint density at radius 1 is 1.47 bits per heavy atom. The average molecular weight is 277 g/mol. The molecule has 0 saturated carbocycles. The molecule has 0 atom stereocenters. The smallest absolute Gasteiger partial charge is 0.334 e. The first-order valence-corrected chi connectivity index (χ1v) is 5.54. The second-order valence-corrected chi connectivity index (χ2v) is 4.59. The van der Waals surface area contributed by atoms with Crippen molar-refractivity contribution in [2.75, 3.05) is 13.8 Å². The van der Waals surface area contributed by atoms with Crippen LogP contribution in [0.25, 0.3) is 0 Å². The Morgan fingerprint density at radius 2 is 2.00 bits per heavy atom. The highest BCUT2D eigenvalue weighted by Crippen LogP contribution is 2.12. The van der Waals surface area contributed by atoms with E-state index in [1.54, 1.807) is 13.8 Å². The number of carbonyl (C=O) groups excluding carboxylic acids is 1. The van der Waals surface area contributed by atoms with E-state index < -0.39 is 24.3 Å². The molecular formula is C10H19N3O6. The SMILES string of the molecule is CC(C)C(=O)OCO/N=[N+](\[O-])N(C)C(C)(C)C(=O)O. The normalized spacial score (nSPS) is 12.2. The van der Waals surface area contributed by atoms with Crippen LogP contribution in [0.3, 0.4) is 0 Å². The van der Waals surface area contributed by atoms with Gasteiger partial charge in [-0.3, -0.25) is 4.79 Å². The summed E-state index contributed by atoms with van der Waals surface area (Å²) in [6, 6.07) is 0. The molecule has 0 unspecified atom stereocenters. The Bertz CT molecular complexity index is 366. The van der Waals surface area contributed by atoms with Crippen LogP contribution in [-0.4, -0.2) is 46.4 Å². The van der Waals surface area contributed by atoms with Crippen molar-refractivity contribution in [2.45, 2.75) is 33.2 Å². The Labute approximate surface area is 110 Å². The van der Waals surface area contributed by atoms with Gasteiger partial charge in [-0.05, 0) is 13.8 Å². The van der Waals surface area contributed by atoms with E-state index in [2.05, 4.69) is 14.9 Å². The molecule has 0 aromatic carbocycles. The van der Waals surface area contributed by atoms with Crippen LogP contribution in [0, 0.1) is 11.1 Å². The Morgan fingerprint density at radius 3 is 2.42 bits per heavy atom. The molecule has 19 heavy (non-hydrogen) atoms. The third-order valence-corrected chi connectivity index (χ3v) is 2.44. The predicted octanol–water partition coefficient (Wildman–Crippen LogP) is 0.747. The second kappa shape index (κ2) is 6.76. The monoisotopic (exact) mass is 277 g/mol. The van der Waals surface area contributed by atoms with Crippen molar-refractivity contribution < 1.29 is 29.2 Å². The third-order valence-electron chi connectivity index (χ3n) is 2.44. The number of likely N-dealkylation sites (N-methyl/N-ethyl adjacent to an activating group) is 1. The molecule has 0 aliphatic rings. The molecule has 0 spiro atoms. The van der Waals surface area contributed by atoms with Crippen molar-refractivity contribution in [2.24, 2.45) is 11.2 Å². The maximum absolute atomic E-state index is 11.4. The number of hydrogen-bond acceptors (Lipinski definition) is 6. The van der Waals surface area contributed by atoms with Crippen molar-refractivity contribution in [3.63, 3.8) is 0 Å². The second-order valence-electron chi connectivity index (χ2n) is 4.59. The highest BCUT2D eigenvalue weighted by Gasteiger charge is 2.38. The van der Waals surface area contributed by atoms with E-state index in [0.29, 0.717) is 0 Å². The molecule has 0 aromatic rings. The largest absolute Gasteiger partial charge is 0.569 e. The first-order chi connectivity index (χ1) is 8.60. The zero-order valence-corrected chi connectivity index (χ0v) is 11.6. The molecule has 0 rings (SSSR count). The molecule has 110 valence electrons. The summed E-state index contributed by atoms with van der Waals surface area (Å²) in [4.78, 5) is 26.4. The summed E-state index contributed by atoms with van der Waals surface area (Å²) < 4.78 is 4.61. The summed E-state index contributed by atoms with van der Waals surface area (Å²) in [5, 5.41) is 24.2. The van der Waals surface area contributed by atoms with Crippen molar-refractivity contribution in [1.82, 2.24) is 5.01 Å². The predicted molar refractivity (Wildman–Crippen MR) is 62.4 cm³/mol. The van der Waals surface area contributed by atoms with E-state index in [-0.39, 0.29) is 10.9 Å². The van der Waals surface area contributed by atoms with E-state index in [1.807, 2.05) is 0 Å². The summed E-state index contributed by atoms with van der Waals surface area (Å²) in [5.74, 6) is -2.01. The number of rotatable bonds is 7. The number of carboxylic acid groups (broad SMARTS) is 1. The van der Waals surface area contributed by atoms with Gasteiger partial charge in [-0.15, -0.1) is 5.01 Å². The molecule has 0 bridgehead atoms. The zero-order valence-electron chi connectivity index (χ0n) is 11.6. The van der Waals surface area contributed by atoms with Crippen LogP contribution in [0.4, 0.5) is 0 Å². The molecule has 0 heterocycles. The minimum absolute atomic E-state index is 0.0304. The van der Waals surface area contributed by atoms with Crippen molar-refractivity contribution in [3.05, 3.63) is 5.21 Å². The number of carbonyl (C=O) groups is 2. The lowest BCUT2D eigenvalue weighted by atomic mass is 10.1. The number of nitrogens with zero attached hydrogens (tertiary/aromatic N) is 3. The fourth-order valence-corrected chi connectivity index (χ4v) is 0.731. The van der Waals surface area contributed by atoms with Crippen LogP contribution < -0.4 is 0 Å². The van der Waals surface area contributed by atoms with Gasteiger partial charge in [0.25, 0.3) is 6.79 Å². The summed E-state index contributed by atoms with van der Waals surface area (Å²) in [6.07, 6.45) is 0. The van der Waals surface area contributed by atoms with Crippen molar-refractivity contribution in [1.29, 1.82) is 0 Å². The topological polar surface area (TPSA) is 114 Å². The zero-order chi connectivity index (χ0) is 15.2. The lowest BCUT2D eigenvalue weighted by Crippen LogP contribution is -2.50. The summed E-state index contributed by atoms with van der Waals surface area (Å²) in [7, 11) is 1.24. The van der Waals surface area contributed by atoms with Crippen LogP contribution in [0.1, 0.15) is 27.7 Å². The van der Waals surface area contributed by atoms with Gasteiger partial charge in [0.1, 0.15) is 0 Å². The molecular weight excluding hydrogens is 258 g/mol. The highest BCUT2D eigenvalue weighted by atomic mass is 16.8. The van der Waals surface area contributed by atoms with Crippen molar-refractivity contribution in [3.8, 4) is 0 Å². The van der Waals surface area contributed by atoms with Crippen LogP contribution >= 0.6 is 0 Å². The van der Waals surface area contributed by atoms with Gasteiger partial charge in [0.05, 0.1) is 17.9 Å². The molecule has 9 heteroatoms. The third kappa shape index (κ3) is 4.98. The number of aliphatic carboxylic acids is 1. The molecule has 0 amide bonds. The number of hydrazine groups is 1. The average Bonchev–Trinajstić information content (AvgIpc) is 2.32. The van der Waals surface area contributed by atoms with Crippen molar-refractivity contribution >= 4 is 11.9 Å². The molecule has 9 nitrogen and oxygen atoms in total. The maximum Gasteiger partial charge on any atom is 0.334 e. The van der Waals surface area contributed by atoms with Gasteiger partial charge in [0, 0.05) is 0 Å². The molecule has 0 radical (unpaired) electrons. The lowest BCUT2D eigenvalue weighted by molar-refractivity contribution is -0.718. The van der Waals surface area contributed by atoms with Gasteiger partial charge in [-0.1, -0.05) is 13.8 Å². The molecule has 0 aliphatic heterocycles. The first kappa shape index (κ1) is 16.9. The van der Waals surface area contributed by atoms with Crippen LogP contribution in [0.15, 0.2) is 5.28 Å². The van der Waals surface area contributed by atoms with Crippen LogP contribution in [0.2, 0.25) is 0 Å². The standard InChI is InChI=1S/C10H19N3O6/c1-7(2)8(14)18-6-19-11-13(17)12(5)10(3,4)9(15)16/h7H,6H2,1-5H3,(H,15,16)/b13-11-. The van der Waals surface area contributed by atoms with Gasteiger partial charge in [0.15, 0.2) is 5.54 Å². The van der Waals surface area contributed by atoms with E-state index in [1.165, 1.54) is 20.9 Å². The van der Waals surface area contributed by atoms with Crippen LogP contribution in [-0.2, 0) is 19.2 Å². The summed E-state index contributed by atoms with van der Waals surface area (Å²) in [6.45, 7) is 5.42.